The summed E-state index contributed by atoms with van der Waals surface area (Å²) in [5.74, 6) is 0.141. The molecule has 0 aromatic heterocycles. The van der Waals surface area contributed by atoms with Gasteiger partial charge in [-0.15, -0.1) is 0 Å². The van der Waals surface area contributed by atoms with Gasteiger partial charge in [0.25, 0.3) is 5.70 Å². The van der Waals surface area contributed by atoms with Gasteiger partial charge in [-0.05, 0) is 32.1 Å². The zero-order valence-corrected chi connectivity index (χ0v) is 8.67. The molecule has 3 heteroatoms. The Balaban J connectivity index is 2.80. The Morgan fingerprint density at radius 2 is 2.43 bits per heavy atom. The fourth-order valence-electron chi connectivity index (χ4n) is 1.73. The van der Waals surface area contributed by atoms with Crippen LogP contribution in [0.1, 0.15) is 33.1 Å². The van der Waals surface area contributed by atoms with E-state index in [1.807, 2.05) is 0 Å². The first-order valence-corrected chi connectivity index (χ1v) is 4.95. The molecule has 0 aromatic rings. The van der Waals surface area contributed by atoms with E-state index in [4.69, 9.17) is 11.3 Å². The van der Waals surface area contributed by atoms with Crippen LogP contribution < -0.4 is 0 Å². The Kier molecular flexibility index (Phi) is 3.70. The van der Waals surface area contributed by atoms with Crippen LogP contribution in [0.5, 0.6) is 0 Å². The summed E-state index contributed by atoms with van der Waals surface area (Å²) in [5.41, 5.74) is 1.20. The summed E-state index contributed by atoms with van der Waals surface area (Å²) in [4.78, 5) is 14.7. The third-order valence-corrected chi connectivity index (χ3v) is 2.45. The van der Waals surface area contributed by atoms with Crippen molar-refractivity contribution in [2.24, 2.45) is 5.92 Å². The zero-order valence-electron chi connectivity index (χ0n) is 8.67. The topological polar surface area (TPSA) is 30.7 Å². The number of nitrogens with zero attached hydrogens (tertiary/aromatic N) is 1. The van der Waals surface area contributed by atoms with E-state index in [1.165, 1.54) is 0 Å². The van der Waals surface area contributed by atoms with Crippen molar-refractivity contribution in [3.8, 4) is 0 Å². The van der Waals surface area contributed by atoms with Crippen molar-refractivity contribution in [2.45, 2.75) is 33.1 Å². The molecule has 76 valence electrons. The summed E-state index contributed by atoms with van der Waals surface area (Å²) >= 11 is 0. The molecule has 0 radical (unpaired) electrons. The van der Waals surface area contributed by atoms with E-state index in [0.717, 1.165) is 24.8 Å². The van der Waals surface area contributed by atoms with Crippen molar-refractivity contribution >= 4 is 5.97 Å². The van der Waals surface area contributed by atoms with Gasteiger partial charge >= 0.3 is 5.97 Å². The molecule has 0 aliphatic heterocycles. The Hall–Kier alpha value is -1.30. The van der Waals surface area contributed by atoms with E-state index in [1.54, 1.807) is 6.92 Å². The molecular formula is C11H15NO2. The van der Waals surface area contributed by atoms with Gasteiger partial charge in [0.05, 0.1) is 13.2 Å². The normalized spacial score (nSPS) is 24.2. The molecule has 1 saturated carbocycles. The van der Waals surface area contributed by atoms with Crippen molar-refractivity contribution in [1.29, 1.82) is 0 Å². The zero-order chi connectivity index (χ0) is 10.6. The van der Waals surface area contributed by atoms with Gasteiger partial charge < -0.3 is 4.74 Å². The van der Waals surface area contributed by atoms with Crippen molar-refractivity contribution < 1.29 is 9.53 Å². The van der Waals surface area contributed by atoms with Crippen LogP contribution in [0.3, 0.4) is 0 Å². The van der Waals surface area contributed by atoms with Gasteiger partial charge in [-0.25, -0.2) is 4.85 Å². The third kappa shape index (κ3) is 2.35. The molecule has 0 aromatic carbocycles. The first-order valence-electron chi connectivity index (χ1n) is 4.95. The first-order chi connectivity index (χ1) is 6.69. The van der Waals surface area contributed by atoms with E-state index >= 15 is 0 Å². The van der Waals surface area contributed by atoms with Crippen LogP contribution >= 0.6 is 0 Å². The fourth-order valence-corrected chi connectivity index (χ4v) is 1.73. The van der Waals surface area contributed by atoms with Crippen molar-refractivity contribution in [1.82, 2.24) is 0 Å². The molecule has 0 N–H and O–H groups in total. The largest absolute Gasteiger partial charge is 0.471 e. The number of allylic oxidation sites excluding steroid dienone is 1. The molecular weight excluding hydrogens is 178 g/mol. The lowest BCUT2D eigenvalue weighted by molar-refractivity contribution is -0.138. The minimum Gasteiger partial charge on any atom is -0.471 e. The summed E-state index contributed by atoms with van der Waals surface area (Å²) in [5, 5.41) is 0. The van der Waals surface area contributed by atoms with Gasteiger partial charge in [0.1, 0.15) is 0 Å². The smallest absolute Gasteiger partial charge is 0.336 e. The maximum Gasteiger partial charge on any atom is 0.336 e. The lowest BCUT2D eigenvalue weighted by atomic mass is 10.1. The predicted octanol–water partition coefficient (Wildman–Crippen LogP) is 2.54. The first kappa shape index (κ1) is 10.8. The molecule has 0 heterocycles. The Bertz CT molecular complexity index is 299. The number of hydrogen-bond acceptors (Lipinski definition) is 2. The fraction of sp³-hybridized carbons (Fsp3) is 0.636. The summed E-state index contributed by atoms with van der Waals surface area (Å²) in [6.07, 6.45) is 2.82. The number of hydrogen-bond donors (Lipinski definition) is 0. The highest BCUT2D eigenvalue weighted by molar-refractivity contribution is 5.91. The maximum atomic E-state index is 11.4. The van der Waals surface area contributed by atoms with E-state index in [-0.39, 0.29) is 5.70 Å². The lowest BCUT2D eigenvalue weighted by Crippen LogP contribution is -2.07. The molecule has 3 nitrogen and oxygen atoms in total. The third-order valence-electron chi connectivity index (χ3n) is 2.45. The molecule has 0 spiro atoms. The molecule has 0 unspecified atom stereocenters. The van der Waals surface area contributed by atoms with Crippen LogP contribution in [0.2, 0.25) is 0 Å². The standard InChI is InChI=1S/C11H15NO2/c1-4-14-11(13)10(12-3)9-6-5-8(2)7-9/h8H,4-7H2,1-2H3/b10-9+/t8-/m1/s1. The van der Waals surface area contributed by atoms with Crippen LogP contribution in [0.4, 0.5) is 0 Å². The van der Waals surface area contributed by atoms with Gasteiger partial charge in [-0.1, -0.05) is 12.5 Å². The summed E-state index contributed by atoms with van der Waals surface area (Å²) < 4.78 is 4.83. The summed E-state index contributed by atoms with van der Waals surface area (Å²) in [6.45, 7) is 11.2. The molecule has 0 bridgehead atoms. The molecule has 1 fully saturated rings. The van der Waals surface area contributed by atoms with E-state index < -0.39 is 5.97 Å². The van der Waals surface area contributed by atoms with Crippen LogP contribution in [0.15, 0.2) is 11.3 Å². The highest BCUT2D eigenvalue weighted by Crippen LogP contribution is 2.32. The second kappa shape index (κ2) is 4.80. The quantitative estimate of drug-likeness (QED) is 0.383. The average molecular weight is 193 g/mol. The molecule has 1 aliphatic carbocycles. The number of carbonyl (C=O) groups excluding carboxylic acids is 1. The van der Waals surface area contributed by atoms with Crippen molar-refractivity contribution in [2.75, 3.05) is 6.61 Å². The average Bonchev–Trinajstić information content (AvgIpc) is 2.54. The van der Waals surface area contributed by atoms with Crippen LogP contribution in [-0.2, 0) is 9.53 Å². The Morgan fingerprint density at radius 1 is 1.71 bits per heavy atom. The highest BCUT2D eigenvalue weighted by Gasteiger charge is 2.23. The number of carbonyl (C=O) groups is 1. The van der Waals surface area contributed by atoms with Crippen LogP contribution in [0, 0.1) is 12.5 Å². The van der Waals surface area contributed by atoms with Gasteiger partial charge in [0, 0.05) is 0 Å². The predicted molar refractivity (Wildman–Crippen MR) is 53.3 cm³/mol. The molecule has 0 amide bonds. The SMILES string of the molecule is [C-]#[N+]/C(C(=O)OCC)=C1\CC[C@@H](C)C1. The minimum absolute atomic E-state index is 0.219. The van der Waals surface area contributed by atoms with E-state index in [2.05, 4.69) is 11.8 Å². The molecule has 14 heavy (non-hydrogen) atoms. The maximum absolute atomic E-state index is 11.4. The van der Waals surface area contributed by atoms with Crippen molar-refractivity contribution in [3.63, 3.8) is 0 Å². The van der Waals surface area contributed by atoms with Gasteiger partial charge in [0.15, 0.2) is 0 Å². The monoisotopic (exact) mass is 193 g/mol. The van der Waals surface area contributed by atoms with E-state index in [9.17, 15) is 4.79 Å². The van der Waals surface area contributed by atoms with Gasteiger partial charge in [-0.3, -0.25) is 4.79 Å². The van der Waals surface area contributed by atoms with Crippen LogP contribution in [-0.4, -0.2) is 12.6 Å². The second-order valence-corrected chi connectivity index (χ2v) is 3.63. The number of esters is 1. The molecule has 1 aliphatic rings. The Labute approximate surface area is 84.6 Å². The number of rotatable bonds is 2. The van der Waals surface area contributed by atoms with Gasteiger partial charge in [-0.2, -0.15) is 0 Å². The minimum atomic E-state index is -0.452. The molecule has 0 saturated heterocycles. The molecule has 1 rings (SSSR count). The number of ether oxygens (including phenoxy) is 1. The second-order valence-electron chi connectivity index (χ2n) is 3.63. The molecule has 1 atom stereocenters. The van der Waals surface area contributed by atoms with Crippen LogP contribution in [0.25, 0.3) is 4.85 Å². The lowest BCUT2D eigenvalue weighted by Gasteiger charge is -2.03. The van der Waals surface area contributed by atoms with E-state index in [0.29, 0.717) is 12.5 Å². The summed E-state index contributed by atoms with van der Waals surface area (Å²) in [6, 6.07) is 0. The highest BCUT2D eigenvalue weighted by atomic mass is 16.5. The summed E-state index contributed by atoms with van der Waals surface area (Å²) in [7, 11) is 0. The Morgan fingerprint density at radius 3 is 2.86 bits per heavy atom. The van der Waals surface area contributed by atoms with Crippen molar-refractivity contribution in [3.05, 3.63) is 22.7 Å². The van der Waals surface area contributed by atoms with Gasteiger partial charge in [0.2, 0.25) is 0 Å².